The van der Waals surface area contributed by atoms with Crippen LogP contribution in [0.25, 0.3) is 6.08 Å². The average Bonchev–Trinajstić information content (AvgIpc) is 3.39. The van der Waals surface area contributed by atoms with Crippen molar-refractivity contribution in [1.29, 1.82) is 0 Å². The van der Waals surface area contributed by atoms with Crippen molar-refractivity contribution in [2.45, 2.75) is 19.9 Å². The number of halogens is 1. The van der Waals surface area contributed by atoms with Gasteiger partial charge in [0.25, 0.3) is 10.0 Å². The van der Waals surface area contributed by atoms with E-state index in [2.05, 4.69) is 5.10 Å². The Hall–Kier alpha value is -4.57. The maximum Gasteiger partial charge on any atom is 0.257 e. The van der Waals surface area contributed by atoms with Crippen molar-refractivity contribution in [3.8, 4) is 0 Å². The van der Waals surface area contributed by atoms with Crippen LogP contribution in [-0.4, -0.2) is 36.6 Å². The van der Waals surface area contributed by atoms with Gasteiger partial charge in [-0.25, -0.2) is 17.5 Å². The molecule has 0 fully saturated rings. The van der Waals surface area contributed by atoms with E-state index in [1.54, 1.807) is 48.3 Å². The Morgan fingerprint density at radius 3 is 2.27 bits per heavy atom. The molecule has 0 saturated heterocycles. The second kappa shape index (κ2) is 13.0. The van der Waals surface area contributed by atoms with Crippen LogP contribution < -0.4 is 9.62 Å². The molecular formula is C30H29FN4O4S. The van der Waals surface area contributed by atoms with Crippen LogP contribution in [0.4, 0.5) is 10.1 Å². The zero-order valence-electron chi connectivity index (χ0n) is 21.9. The van der Waals surface area contributed by atoms with Crippen LogP contribution in [0.1, 0.15) is 23.6 Å². The SMILES string of the molecule is CCN(C(=O)C(Cc1cnn(Cc2ccccc2)c1)C(=O)NS(=O)(=O)C=Cc1ccc(F)cc1)c1ccccc1. The van der Waals surface area contributed by atoms with Gasteiger partial charge in [0.2, 0.25) is 11.8 Å². The summed E-state index contributed by atoms with van der Waals surface area (Å²) < 4.78 is 42.4. The molecule has 0 radical (unpaired) electrons. The predicted octanol–water partition coefficient (Wildman–Crippen LogP) is 4.40. The summed E-state index contributed by atoms with van der Waals surface area (Å²) in [5, 5.41) is 5.17. The maximum atomic E-state index is 13.7. The lowest BCUT2D eigenvalue weighted by Gasteiger charge is -2.25. The van der Waals surface area contributed by atoms with Gasteiger partial charge in [0, 0.05) is 18.4 Å². The number of rotatable bonds is 11. The Bertz CT molecular complexity index is 1570. The molecule has 10 heteroatoms. The predicted molar refractivity (Wildman–Crippen MR) is 152 cm³/mol. The number of sulfonamides is 1. The number of nitrogens with one attached hydrogen (secondary N) is 1. The monoisotopic (exact) mass is 560 g/mol. The molecule has 1 aromatic heterocycles. The summed E-state index contributed by atoms with van der Waals surface area (Å²) in [6.45, 7) is 2.55. The van der Waals surface area contributed by atoms with E-state index in [0.717, 1.165) is 11.0 Å². The van der Waals surface area contributed by atoms with E-state index in [0.29, 0.717) is 23.4 Å². The lowest BCUT2D eigenvalue weighted by atomic mass is 9.99. The summed E-state index contributed by atoms with van der Waals surface area (Å²) in [5.74, 6) is -3.30. The van der Waals surface area contributed by atoms with Crippen LogP contribution >= 0.6 is 0 Å². The van der Waals surface area contributed by atoms with E-state index in [1.807, 2.05) is 41.1 Å². The Balaban J connectivity index is 1.57. The minimum atomic E-state index is -4.26. The van der Waals surface area contributed by atoms with Crippen molar-refractivity contribution in [2.24, 2.45) is 5.92 Å². The Kier molecular flexibility index (Phi) is 9.23. The van der Waals surface area contributed by atoms with Crippen LogP contribution in [0.5, 0.6) is 0 Å². The maximum absolute atomic E-state index is 13.7. The van der Waals surface area contributed by atoms with E-state index >= 15 is 0 Å². The number of carbonyl (C=O) groups is 2. The molecule has 1 heterocycles. The Morgan fingerprint density at radius 1 is 0.975 bits per heavy atom. The number of amides is 2. The van der Waals surface area contributed by atoms with Crippen molar-refractivity contribution < 1.29 is 22.4 Å². The average molecular weight is 561 g/mol. The number of benzene rings is 3. The Labute approximate surface area is 232 Å². The third kappa shape index (κ3) is 7.73. The van der Waals surface area contributed by atoms with Gasteiger partial charge in [0.1, 0.15) is 11.7 Å². The quantitative estimate of drug-likeness (QED) is 0.274. The topological polar surface area (TPSA) is 101 Å². The van der Waals surface area contributed by atoms with Gasteiger partial charge in [-0.1, -0.05) is 60.7 Å². The normalized spacial score (nSPS) is 12.2. The van der Waals surface area contributed by atoms with Crippen molar-refractivity contribution >= 4 is 33.6 Å². The fourth-order valence-corrected chi connectivity index (χ4v) is 4.97. The molecular weight excluding hydrogens is 531 g/mol. The third-order valence-electron chi connectivity index (χ3n) is 6.13. The molecule has 1 N–H and O–H groups in total. The van der Waals surface area contributed by atoms with Gasteiger partial charge in [0.15, 0.2) is 0 Å². The van der Waals surface area contributed by atoms with Crippen LogP contribution in [0, 0.1) is 11.7 Å². The van der Waals surface area contributed by atoms with Gasteiger partial charge in [-0.2, -0.15) is 5.10 Å². The number of aromatic nitrogens is 2. The van der Waals surface area contributed by atoms with Crippen LogP contribution in [-0.2, 0) is 32.6 Å². The Morgan fingerprint density at radius 2 is 1.62 bits per heavy atom. The minimum Gasteiger partial charge on any atom is -0.312 e. The first-order chi connectivity index (χ1) is 19.2. The van der Waals surface area contributed by atoms with Gasteiger partial charge < -0.3 is 4.90 Å². The zero-order valence-corrected chi connectivity index (χ0v) is 22.7. The van der Waals surface area contributed by atoms with Crippen molar-refractivity contribution in [2.75, 3.05) is 11.4 Å². The number of nitrogens with zero attached hydrogens (tertiary/aromatic N) is 3. The lowest BCUT2D eigenvalue weighted by Crippen LogP contribution is -2.46. The largest absolute Gasteiger partial charge is 0.312 e. The second-order valence-electron chi connectivity index (χ2n) is 9.07. The van der Waals surface area contributed by atoms with Crippen molar-refractivity contribution in [3.05, 3.63) is 125 Å². The van der Waals surface area contributed by atoms with Gasteiger partial charge in [-0.05, 0) is 60.4 Å². The molecule has 206 valence electrons. The molecule has 2 amide bonds. The summed E-state index contributed by atoms with van der Waals surface area (Å²) in [6, 6.07) is 23.7. The molecule has 0 aliphatic carbocycles. The molecule has 0 aliphatic rings. The van der Waals surface area contributed by atoms with Gasteiger partial charge in [0.05, 0.1) is 18.1 Å². The first kappa shape index (κ1) is 28.4. The van der Waals surface area contributed by atoms with Gasteiger partial charge in [-0.15, -0.1) is 0 Å². The smallest absolute Gasteiger partial charge is 0.257 e. The molecule has 40 heavy (non-hydrogen) atoms. The number of carbonyl (C=O) groups excluding carboxylic acids is 2. The molecule has 0 spiro atoms. The zero-order chi connectivity index (χ0) is 28.5. The van der Waals surface area contributed by atoms with E-state index < -0.39 is 33.6 Å². The van der Waals surface area contributed by atoms with Gasteiger partial charge in [-0.3, -0.25) is 14.3 Å². The van der Waals surface area contributed by atoms with Crippen molar-refractivity contribution in [3.63, 3.8) is 0 Å². The first-order valence-electron chi connectivity index (χ1n) is 12.7. The molecule has 0 saturated carbocycles. The second-order valence-corrected chi connectivity index (χ2v) is 10.6. The van der Waals surface area contributed by atoms with Crippen molar-refractivity contribution in [1.82, 2.24) is 14.5 Å². The summed E-state index contributed by atoms with van der Waals surface area (Å²) in [5.41, 5.74) is 2.65. The molecule has 1 atom stereocenters. The highest BCUT2D eigenvalue weighted by atomic mass is 32.2. The molecule has 3 aromatic carbocycles. The standard InChI is InChI=1S/C30H29FN4O4S/c1-2-35(27-11-7-4-8-12-27)30(37)28(19-25-20-32-34(22-25)21-24-9-5-3-6-10-24)29(36)33-40(38,39)18-17-23-13-15-26(31)16-14-23/h3-18,20,22,28H,2,19,21H2,1H3,(H,33,36). The molecule has 4 aromatic rings. The van der Waals surface area contributed by atoms with E-state index in [9.17, 15) is 22.4 Å². The van der Waals surface area contributed by atoms with E-state index in [-0.39, 0.29) is 13.0 Å². The van der Waals surface area contributed by atoms with E-state index in [1.165, 1.54) is 35.2 Å². The fourth-order valence-electron chi connectivity index (χ4n) is 4.15. The summed E-state index contributed by atoms with van der Waals surface area (Å²) in [4.78, 5) is 28.5. The minimum absolute atomic E-state index is 0.0556. The molecule has 8 nitrogen and oxygen atoms in total. The molecule has 1 unspecified atom stereocenters. The number of para-hydroxylation sites is 1. The molecule has 0 bridgehead atoms. The third-order valence-corrected chi connectivity index (χ3v) is 7.11. The lowest BCUT2D eigenvalue weighted by molar-refractivity contribution is -0.132. The highest BCUT2D eigenvalue weighted by Crippen LogP contribution is 2.20. The van der Waals surface area contributed by atoms with Crippen LogP contribution in [0.2, 0.25) is 0 Å². The van der Waals surface area contributed by atoms with Crippen LogP contribution in [0.3, 0.4) is 0 Å². The highest BCUT2D eigenvalue weighted by molar-refractivity contribution is 7.93. The molecule has 4 rings (SSSR count). The summed E-state index contributed by atoms with van der Waals surface area (Å²) in [7, 11) is -4.26. The number of hydrogen-bond donors (Lipinski definition) is 1. The highest BCUT2D eigenvalue weighted by Gasteiger charge is 2.33. The number of hydrogen-bond acceptors (Lipinski definition) is 5. The fraction of sp³-hybridized carbons (Fsp3) is 0.167. The first-order valence-corrected chi connectivity index (χ1v) is 14.2. The van der Waals surface area contributed by atoms with E-state index in [4.69, 9.17) is 0 Å². The molecule has 0 aliphatic heterocycles. The summed E-state index contributed by atoms with van der Waals surface area (Å²) >= 11 is 0. The summed E-state index contributed by atoms with van der Waals surface area (Å²) in [6.07, 6.45) is 4.49. The van der Waals surface area contributed by atoms with Gasteiger partial charge >= 0.3 is 0 Å². The number of anilines is 1. The van der Waals surface area contributed by atoms with Crippen LogP contribution in [0.15, 0.2) is 103 Å².